The zero-order chi connectivity index (χ0) is 13.2. The Morgan fingerprint density at radius 1 is 1.56 bits per heavy atom. The van der Waals surface area contributed by atoms with Gasteiger partial charge in [-0.25, -0.2) is 4.79 Å². The Morgan fingerprint density at radius 2 is 2.33 bits per heavy atom. The van der Waals surface area contributed by atoms with Gasteiger partial charge in [-0.15, -0.1) is 0 Å². The van der Waals surface area contributed by atoms with Gasteiger partial charge in [0.25, 0.3) is 0 Å². The van der Waals surface area contributed by atoms with Gasteiger partial charge in [0.15, 0.2) is 0 Å². The molecule has 5 nitrogen and oxygen atoms in total. The molecular weight excluding hydrogens is 232 g/mol. The van der Waals surface area contributed by atoms with Gasteiger partial charge < -0.3 is 20.9 Å². The van der Waals surface area contributed by atoms with Crippen LogP contribution in [0.5, 0.6) is 0 Å². The molecule has 4 N–H and O–H groups in total. The second-order valence-corrected chi connectivity index (χ2v) is 4.92. The third-order valence-corrected chi connectivity index (χ3v) is 3.19. The fraction of sp³-hybridized carbons (Fsp3) is 0.462. The van der Waals surface area contributed by atoms with Crippen molar-refractivity contribution in [1.82, 2.24) is 0 Å². The second kappa shape index (κ2) is 4.86. The Bertz CT molecular complexity index is 454. The number of ether oxygens (including phenoxy) is 1. The summed E-state index contributed by atoms with van der Waals surface area (Å²) in [5.41, 5.74) is 6.73. The number of hydrogen-bond donors (Lipinski definition) is 3. The lowest BCUT2D eigenvalue weighted by Crippen LogP contribution is -2.43. The third-order valence-electron chi connectivity index (χ3n) is 3.19. The van der Waals surface area contributed by atoms with E-state index < -0.39 is 5.97 Å². The summed E-state index contributed by atoms with van der Waals surface area (Å²) in [5, 5.41) is 12.4. The molecule has 2 rings (SSSR count). The number of carboxylic acids is 1. The van der Waals surface area contributed by atoms with E-state index in [0.29, 0.717) is 18.0 Å². The van der Waals surface area contributed by atoms with Crippen molar-refractivity contribution in [2.24, 2.45) is 0 Å². The fourth-order valence-electron chi connectivity index (χ4n) is 2.22. The van der Waals surface area contributed by atoms with Crippen LogP contribution in [0.15, 0.2) is 18.2 Å². The molecule has 1 aromatic carbocycles. The van der Waals surface area contributed by atoms with Crippen molar-refractivity contribution in [3.63, 3.8) is 0 Å². The van der Waals surface area contributed by atoms with Crippen LogP contribution < -0.4 is 11.1 Å². The molecule has 18 heavy (non-hydrogen) atoms. The largest absolute Gasteiger partial charge is 0.478 e. The number of nitrogen functional groups attached to an aromatic ring is 1. The van der Waals surface area contributed by atoms with E-state index in [9.17, 15) is 9.90 Å². The maximum absolute atomic E-state index is 11.2. The zero-order valence-electron chi connectivity index (χ0n) is 10.4. The lowest BCUT2D eigenvalue weighted by Gasteiger charge is -2.36. The summed E-state index contributed by atoms with van der Waals surface area (Å²) in [6.07, 6.45) is 1.89. The number of benzene rings is 1. The minimum atomic E-state index is -0.981. The molecular formula is C13H18N2O3. The molecule has 0 saturated carbocycles. The lowest BCUT2D eigenvalue weighted by atomic mass is 9.93. The van der Waals surface area contributed by atoms with Crippen molar-refractivity contribution in [2.45, 2.75) is 25.3 Å². The van der Waals surface area contributed by atoms with E-state index in [0.717, 1.165) is 19.4 Å². The average molecular weight is 250 g/mol. The van der Waals surface area contributed by atoms with Gasteiger partial charge in [0, 0.05) is 6.61 Å². The number of para-hydroxylation sites is 1. The summed E-state index contributed by atoms with van der Waals surface area (Å²) in [4.78, 5) is 11.2. The van der Waals surface area contributed by atoms with Gasteiger partial charge in [0.05, 0.1) is 29.1 Å². The van der Waals surface area contributed by atoms with Gasteiger partial charge in [-0.1, -0.05) is 6.07 Å². The van der Waals surface area contributed by atoms with Crippen molar-refractivity contribution in [3.8, 4) is 0 Å². The molecule has 1 aromatic rings. The predicted molar refractivity (Wildman–Crippen MR) is 69.9 cm³/mol. The van der Waals surface area contributed by atoms with Crippen LogP contribution in [0.1, 0.15) is 30.1 Å². The third kappa shape index (κ3) is 2.56. The number of nitrogens with two attached hydrogens (primary N) is 1. The van der Waals surface area contributed by atoms with E-state index in [1.165, 1.54) is 0 Å². The SMILES string of the molecule is CC1(Nc2c(N)cccc2C(=O)O)CCCOC1. The average Bonchev–Trinajstić information content (AvgIpc) is 2.32. The highest BCUT2D eigenvalue weighted by Gasteiger charge is 2.29. The van der Waals surface area contributed by atoms with Gasteiger partial charge in [-0.3, -0.25) is 0 Å². The van der Waals surface area contributed by atoms with Crippen LogP contribution in [0.4, 0.5) is 11.4 Å². The van der Waals surface area contributed by atoms with E-state index >= 15 is 0 Å². The Hall–Kier alpha value is -1.75. The second-order valence-electron chi connectivity index (χ2n) is 4.92. The summed E-state index contributed by atoms with van der Waals surface area (Å²) in [5.74, 6) is -0.981. The van der Waals surface area contributed by atoms with E-state index in [4.69, 9.17) is 10.5 Å². The molecule has 1 saturated heterocycles. The number of carboxylic acid groups (broad SMARTS) is 1. The van der Waals surface area contributed by atoms with Crippen LogP contribution in [0, 0.1) is 0 Å². The molecule has 0 spiro atoms. The number of nitrogens with one attached hydrogen (secondary N) is 1. The van der Waals surface area contributed by atoms with Crippen molar-refractivity contribution in [2.75, 3.05) is 24.3 Å². The van der Waals surface area contributed by atoms with Gasteiger partial charge in [0.2, 0.25) is 0 Å². The standard InChI is InChI=1S/C13H18N2O3/c1-13(6-3-7-18-8-13)15-11-9(12(16)17)4-2-5-10(11)14/h2,4-5,15H,3,6-8,14H2,1H3,(H,16,17). The smallest absolute Gasteiger partial charge is 0.337 e. The molecule has 1 fully saturated rings. The van der Waals surface area contributed by atoms with Crippen LogP contribution in [-0.2, 0) is 4.74 Å². The van der Waals surface area contributed by atoms with Crippen LogP contribution in [-0.4, -0.2) is 29.8 Å². The van der Waals surface area contributed by atoms with E-state index in [1.54, 1.807) is 18.2 Å². The van der Waals surface area contributed by atoms with Crippen molar-refractivity contribution >= 4 is 17.3 Å². The molecule has 1 aliphatic heterocycles. The molecule has 0 radical (unpaired) electrons. The summed E-state index contributed by atoms with van der Waals surface area (Å²) in [7, 11) is 0. The monoisotopic (exact) mass is 250 g/mol. The van der Waals surface area contributed by atoms with Crippen LogP contribution in [0.25, 0.3) is 0 Å². The summed E-state index contributed by atoms with van der Waals surface area (Å²) < 4.78 is 5.45. The first-order chi connectivity index (χ1) is 8.52. The molecule has 0 aliphatic carbocycles. The highest BCUT2D eigenvalue weighted by atomic mass is 16.5. The molecule has 98 valence electrons. The van der Waals surface area contributed by atoms with Crippen molar-refractivity contribution < 1.29 is 14.6 Å². The number of anilines is 2. The van der Waals surface area contributed by atoms with Crippen LogP contribution in [0.2, 0.25) is 0 Å². The Kier molecular flexibility index (Phi) is 3.43. The number of hydrogen-bond acceptors (Lipinski definition) is 4. The van der Waals surface area contributed by atoms with E-state index in [-0.39, 0.29) is 11.1 Å². The Morgan fingerprint density at radius 3 is 2.94 bits per heavy atom. The Balaban J connectivity index is 2.30. The van der Waals surface area contributed by atoms with E-state index in [2.05, 4.69) is 5.32 Å². The molecule has 0 amide bonds. The van der Waals surface area contributed by atoms with Crippen LogP contribution >= 0.6 is 0 Å². The minimum absolute atomic E-state index is 0.196. The first kappa shape index (κ1) is 12.7. The number of carbonyl (C=O) groups is 1. The Labute approximate surface area is 106 Å². The quantitative estimate of drug-likeness (QED) is 0.714. The van der Waals surface area contributed by atoms with Crippen molar-refractivity contribution in [1.29, 1.82) is 0 Å². The molecule has 0 bridgehead atoms. The van der Waals surface area contributed by atoms with Gasteiger partial charge in [0.1, 0.15) is 0 Å². The predicted octanol–water partition coefficient (Wildman–Crippen LogP) is 1.95. The zero-order valence-corrected chi connectivity index (χ0v) is 10.4. The number of rotatable bonds is 3. The molecule has 1 heterocycles. The summed E-state index contributed by atoms with van der Waals surface area (Å²) in [6, 6.07) is 4.89. The lowest BCUT2D eigenvalue weighted by molar-refractivity contribution is 0.0538. The number of aromatic carboxylic acids is 1. The van der Waals surface area contributed by atoms with Crippen molar-refractivity contribution in [3.05, 3.63) is 23.8 Å². The van der Waals surface area contributed by atoms with E-state index in [1.807, 2.05) is 6.92 Å². The molecule has 1 atom stereocenters. The molecule has 1 aliphatic rings. The molecule has 1 unspecified atom stereocenters. The topological polar surface area (TPSA) is 84.6 Å². The van der Waals surface area contributed by atoms with Gasteiger partial charge >= 0.3 is 5.97 Å². The molecule has 5 heteroatoms. The van der Waals surface area contributed by atoms with Gasteiger partial charge in [-0.05, 0) is 31.9 Å². The fourth-order valence-corrected chi connectivity index (χ4v) is 2.22. The first-order valence-corrected chi connectivity index (χ1v) is 5.99. The minimum Gasteiger partial charge on any atom is -0.478 e. The normalized spacial score (nSPS) is 23.6. The highest BCUT2D eigenvalue weighted by molar-refractivity contribution is 5.97. The maximum Gasteiger partial charge on any atom is 0.337 e. The van der Waals surface area contributed by atoms with Crippen LogP contribution in [0.3, 0.4) is 0 Å². The molecule has 0 aromatic heterocycles. The van der Waals surface area contributed by atoms with Gasteiger partial charge in [-0.2, -0.15) is 0 Å². The highest BCUT2D eigenvalue weighted by Crippen LogP contribution is 2.30. The first-order valence-electron chi connectivity index (χ1n) is 5.99. The summed E-state index contributed by atoms with van der Waals surface area (Å²) >= 11 is 0. The maximum atomic E-state index is 11.2. The summed E-state index contributed by atoms with van der Waals surface area (Å²) in [6.45, 7) is 3.33.